The molecular formula is C25H29N5O3. The number of hydrogen-bond acceptors (Lipinski definition) is 6. The quantitative estimate of drug-likeness (QED) is 0.598. The maximum Gasteiger partial charge on any atom is 0.316 e. The summed E-state index contributed by atoms with van der Waals surface area (Å²) in [5, 5.41) is 4.18. The van der Waals surface area contributed by atoms with Gasteiger partial charge in [0.15, 0.2) is 0 Å². The lowest BCUT2D eigenvalue weighted by Gasteiger charge is -2.42. The Kier molecular flexibility index (Phi) is 6.09. The van der Waals surface area contributed by atoms with Gasteiger partial charge in [0, 0.05) is 75.9 Å². The van der Waals surface area contributed by atoms with Crippen molar-refractivity contribution in [3.8, 4) is 17.1 Å². The summed E-state index contributed by atoms with van der Waals surface area (Å²) in [5.41, 5.74) is 2.48. The zero-order chi connectivity index (χ0) is 22.7. The summed E-state index contributed by atoms with van der Waals surface area (Å²) in [5.74, 6) is 0.215. The van der Waals surface area contributed by atoms with Crippen molar-refractivity contribution in [2.24, 2.45) is 7.05 Å². The van der Waals surface area contributed by atoms with Gasteiger partial charge in [-0.2, -0.15) is 5.10 Å². The van der Waals surface area contributed by atoms with E-state index in [4.69, 9.17) is 9.47 Å². The van der Waals surface area contributed by atoms with Crippen molar-refractivity contribution in [3.63, 3.8) is 0 Å². The monoisotopic (exact) mass is 447 g/mol. The van der Waals surface area contributed by atoms with E-state index in [1.54, 1.807) is 23.3 Å². The number of ether oxygens (including phenoxy) is 2. The van der Waals surface area contributed by atoms with Crippen molar-refractivity contribution in [3.05, 3.63) is 60.7 Å². The van der Waals surface area contributed by atoms with Crippen LogP contribution < -0.4 is 4.74 Å². The third-order valence-corrected chi connectivity index (χ3v) is 6.75. The zero-order valence-electron chi connectivity index (χ0n) is 18.9. The van der Waals surface area contributed by atoms with Gasteiger partial charge in [0.1, 0.15) is 6.10 Å². The highest BCUT2D eigenvalue weighted by molar-refractivity contribution is 5.88. The molecule has 2 aliphatic heterocycles. The molecule has 2 aromatic heterocycles. The Labute approximate surface area is 193 Å². The number of benzene rings is 1. The first-order valence-electron chi connectivity index (χ1n) is 11.5. The van der Waals surface area contributed by atoms with Crippen molar-refractivity contribution in [1.29, 1.82) is 0 Å². The number of carbonyl (C=O) groups is 1. The van der Waals surface area contributed by atoms with Gasteiger partial charge in [0.05, 0.1) is 11.6 Å². The van der Waals surface area contributed by atoms with E-state index in [0.717, 1.165) is 42.4 Å². The van der Waals surface area contributed by atoms with Crippen LogP contribution in [0.25, 0.3) is 11.1 Å². The molecule has 0 aliphatic carbocycles. The lowest BCUT2D eigenvalue weighted by molar-refractivity contribution is -0.143. The van der Waals surface area contributed by atoms with Crippen molar-refractivity contribution in [1.82, 2.24) is 24.6 Å². The number of hydrogen-bond donors (Lipinski definition) is 0. The van der Waals surface area contributed by atoms with Gasteiger partial charge in [-0.15, -0.1) is 0 Å². The summed E-state index contributed by atoms with van der Waals surface area (Å²) in [4.78, 5) is 24.5. The van der Waals surface area contributed by atoms with Gasteiger partial charge in [0.25, 0.3) is 0 Å². The minimum absolute atomic E-state index is 0.000608. The predicted molar refractivity (Wildman–Crippen MR) is 123 cm³/mol. The number of likely N-dealkylation sites (tertiary alicyclic amines) is 1. The average Bonchev–Trinajstić information content (AvgIpc) is 3.32. The number of nitrogens with zero attached hydrogens (tertiary/aromatic N) is 5. The minimum Gasteiger partial charge on any atom is -0.460 e. The van der Waals surface area contributed by atoms with Crippen LogP contribution in [0, 0.1) is 0 Å². The molecule has 0 spiro atoms. The van der Waals surface area contributed by atoms with Gasteiger partial charge in [0.2, 0.25) is 5.91 Å². The number of piperidine rings is 1. The van der Waals surface area contributed by atoms with E-state index < -0.39 is 5.41 Å². The second-order valence-corrected chi connectivity index (χ2v) is 8.83. The Morgan fingerprint density at radius 2 is 1.73 bits per heavy atom. The molecule has 5 rings (SSSR count). The van der Waals surface area contributed by atoms with E-state index in [2.05, 4.69) is 27.2 Å². The molecule has 8 heteroatoms. The summed E-state index contributed by atoms with van der Waals surface area (Å²) in [6, 6.07) is 10.5. The predicted octanol–water partition coefficient (Wildman–Crippen LogP) is 3.00. The fourth-order valence-electron chi connectivity index (χ4n) is 4.83. The van der Waals surface area contributed by atoms with Crippen molar-refractivity contribution < 1.29 is 14.3 Å². The summed E-state index contributed by atoms with van der Waals surface area (Å²) in [6.07, 6.45) is 10.2. The number of aryl methyl sites for hydroxylation is 1. The molecule has 1 amide bonds. The molecule has 0 N–H and O–H groups in total. The first-order chi connectivity index (χ1) is 16.1. The standard InChI is InChI=1S/C25H29N5O3/c1-29-18-20(17-28-29)19-15-26-24(27-16-19)33-22-7-11-30(12-8-22)23(31)25(9-13-32-14-10-25)21-5-3-2-4-6-21/h2-6,15-18,22H,7-14H2,1H3. The molecule has 0 radical (unpaired) electrons. The third kappa shape index (κ3) is 4.48. The fourth-order valence-corrected chi connectivity index (χ4v) is 4.83. The van der Waals surface area contributed by atoms with Crippen LogP contribution >= 0.6 is 0 Å². The van der Waals surface area contributed by atoms with Crippen LogP contribution in [0.1, 0.15) is 31.2 Å². The molecule has 33 heavy (non-hydrogen) atoms. The molecule has 0 atom stereocenters. The van der Waals surface area contributed by atoms with Crippen molar-refractivity contribution >= 4 is 5.91 Å². The summed E-state index contributed by atoms with van der Waals surface area (Å²) >= 11 is 0. The van der Waals surface area contributed by atoms with Crippen LogP contribution in [0.15, 0.2) is 55.1 Å². The highest BCUT2D eigenvalue weighted by Gasteiger charge is 2.44. The van der Waals surface area contributed by atoms with Crippen LogP contribution in [0.3, 0.4) is 0 Å². The highest BCUT2D eigenvalue weighted by Crippen LogP contribution is 2.37. The Bertz CT molecular complexity index is 1070. The van der Waals surface area contributed by atoms with Gasteiger partial charge in [-0.25, -0.2) is 9.97 Å². The first-order valence-corrected chi connectivity index (χ1v) is 11.5. The number of aromatic nitrogens is 4. The zero-order valence-corrected chi connectivity index (χ0v) is 18.9. The second kappa shape index (κ2) is 9.31. The van der Waals surface area contributed by atoms with Crippen molar-refractivity contribution in [2.75, 3.05) is 26.3 Å². The highest BCUT2D eigenvalue weighted by atomic mass is 16.5. The molecule has 2 fully saturated rings. The van der Waals surface area contributed by atoms with Crippen molar-refractivity contribution in [2.45, 2.75) is 37.2 Å². The van der Waals surface area contributed by atoms with E-state index in [1.165, 1.54) is 0 Å². The molecule has 4 heterocycles. The maximum absolute atomic E-state index is 13.7. The number of carbonyl (C=O) groups excluding carboxylic acids is 1. The van der Waals surface area contributed by atoms with Crippen LogP contribution in [-0.4, -0.2) is 63.0 Å². The molecule has 0 saturated carbocycles. The molecular weight excluding hydrogens is 418 g/mol. The number of rotatable bonds is 5. The van der Waals surface area contributed by atoms with Crippen LogP contribution in [-0.2, 0) is 22.0 Å². The maximum atomic E-state index is 13.7. The lowest BCUT2D eigenvalue weighted by Crippen LogP contribution is -2.53. The smallest absolute Gasteiger partial charge is 0.316 e. The Morgan fingerprint density at radius 1 is 1.03 bits per heavy atom. The summed E-state index contributed by atoms with van der Waals surface area (Å²) < 4.78 is 13.4. The SMILES string of the molecule is Cn1cc(-c2cnc(OC3CCN(C(=O)C4(c5ccccc5)CCOCC4)CC3)nc2)cn1. The molecule has 2 aliphatic rings. The van der Waals surface area contributed by atoms with Gasteiger partial charge in [-0.3, -0.25) is 9.48 Å². The fraction of sp³-hybridized carbons (Fsp3) is 0.440. The normalized spacial score (nSPS) is 18.8. The Balaban J connectivity index is 1.21. The molecule has 2 saturated heterocycles. The Hall–Kier alpha value is -3.26. The number of amides is 1. The molecule has 0 unspecified atom stereocenters. The van der Waals surface area contributed by atoms with Gasteiger partial charge >= 0.3 is 6.01 Å². The molecule has 172 valence electrons. The molecule has 1 aromatic carbocycles. The topological polar surface area (TPSA) is 82.4 Å². The van der Waals surface area contributed by atoms with E-state index in [-0.39, 0.29) is 12.0 Å². The van der Waals surface area contributed by atoms with E-state index in [0.29, 0.717) is 32.3 Å². The largest absolute Gasteiger partial charge is 0.460 e. The minimum atomic E-state index is -0.488. The average molecular weight is 448 g/mol. The Morgan fingerprint density at radius 3 is 2.36 bits per heavy atom. The van der Waals surface area contributed by atoms with Crippen LogP contribution in [0.2, 0.25) is 0 Å². The van der Waals surface area contributed by atoms with Crippen LogP contribution in [0.5, 0.6) is 6.01 Å². The van der Waals surface area contributed by atoms with Gasteiger partial charge < -0.3 is 14.4 Å². The van der Waals surface area contributed by atoms with E-state index in [1.807, 2.05) is 36.3 Å². The lowest BCUT2D eigenvalue weighted by atomic mass is 9.72. The van der Waals surface area contributed by atoms with E-state index >= 15 is 0 Å². The molecule has 3 aromatic rings. The van der Waals surface area contributed by atoms with Gasteiger partial charge in [-0.05, 0) is 18.4 Å². The molecule has 0 bridgehead atoms. The first kappa shape index (κ1) is 21.6. The summed E-state index contributed by atoms with van der Waals surface area (Å²) in [7, 11) is 1.88. The second-order valence-electron chi connectivity index (χ2n) is 8.83. The molecule has 8 nitrogen and oxygen atoms in total. The van der Waals surface area contributed by atoms with Crippen LogP contribution in [0.4, 0.5) is 0 Å². The van der Waals surface area contributed by atoms with E-state index in [9.17, 15) is 4.79 Å². The third-order valence-electron chi connectivity index (χ3n) is 6.75. The summed E-state index contributed by atoms with van der Waals surface area (Å²) in [6.45, 7) is 2.58. The van der Waals surface area contributed by atoms with Gasteiger partial charge in [-0.1, -0.05) is 30.3 Å².